The highest BCUT2D eigenvalue weighted by atomic mass is 35.5. The van der Waals surface area contributed by atoms with Crippen LogP contribution < -0.4 is 4.84 Å². The van der Waals surface area contributed by atoms with Crippen LogP contribution in [0.25, 0.3) is 0 Å². The van der Waals surface area contributed by atoms with Crippen LogP contribution in [0, 0.1) is 0 Å². The summed E-state index contributed by atoms with van der Waals surface area (Å²) in [5, 5.41) is 0. The molecule has 12 heavy (non-hydrogen) atoms. The Hall–Kier alpha value is -0.570. The lowest BCUT2D eigenvalue weighted by Gasteiger charge is -2.02. The van der Waals surface area contributed by atoms with Crippen molar-refractivity contribution in [3.8, 4) is 0 Å². The second-order valence-electron chi connectivity index (χ2n) is 2.42. The van der Waals surface area contributed by atoms with E-state index in [2.05, 4.69) is 4.84 Å². The van der Waals surface area contributed by atoms with Crippen molar-refractivity contribution in [3.63, 3.8) is 0 Å². The number of benzene rings is 1. The molecule has 1 N–H and O–H groups in total. The fourth-order valence-corrected chi connectivity index (χ4v) is 0.952. The van der Waals surface area contributed by atoms with Gasteiger partial charge < -0.3 is 4.74 Å². The zero-order valence-electron chi connectivity index (χ0n) is 6.79. The zero-order valence-corrected chi connectivity index (χ0v) is 7.55. The maximum Gasteiger partial charge on any atom is 0.0717 e. The molecule has 66 valence electrons. The van der Waals surface area contributed by atoms with E-state index < -0.39 is 0 Å². The number of ether oxygens (including phenoxy) is 1. The first-order valence-electron chi connectivity index (χ1n) is 3.88. The van der Waals surface area contributed by atoms with Gasteiger partial charge in [-0.05, 0) is 17.3 Å². The van der Waals surface area contributed by atoms with Crippen molar-refractivity contribution >= 4 is 11.8 Å². The molecule has 1 rings (SSSR count). The van der Waals surface area contributed by atoms with Crippen molar-refractivity contribution in [1.29, 1.82) is 0 Å². The molecular formula is C9H12ClNO. The van der Waals surface area contributed by atoms with E-state index in [1.165, 1.54) is 5.56 Å². The summed E-state index contributed by atoms with van der Waals surface area (Å²) < 4.78 is 5.31. The molecule has 0 aliphatic heterocycles. The van der Waals surface area contributed by atoms with Crippen molar-refractivity contribution in [2.75, 3.05) is 13.2 Å². The van der Waals surface area contributed by atoms with Gasteiger partial charge in [-0.15, -0.1) is 0 Å². The first-order chi connectivity index (χ1) is 5.93. The van der Waals surface area contributed by atoms with Gasteiger partial charge in [0.1, 0.15) is 0 Å². The highest BCUT2D eigenvalue weighted by molar-refractivity contribution is 6.13. The number of halogens is 1. The molecule has 0 saturated heterocycles. The number of hydrogen-bond donors (Lipinski definition) is 1. The summed E-state index contributed by atoms with van der Waals surface area (Å²) in [7, 11) is 0. The molecule has 0 unspecified atom stereocenters. The van der Waals surface area contributed by atoms with Crippen molar-refractivity contribution < 1.29 is 4.74 Å². The summed E-state index contributed by atoms with van der Waals surface area (Å²) >= 11 is 5.25. The lowest BCUT2D eigenvalue weighted by atomic mass is 10.2. The van der Waals surface area contributed by atoms with E-state index in [0.29, 0.717) is 19.8 Å². The molecule has 0 aliphatic carbocycles. The zero-order chi connectivity index (χ0) is 8.65. The molecule has 0 aromatic heterocycles. The van der Waals surface area contributed by atoms with Gasteiger partial charge in [0.25, 0.3) is 0 Å². The number of hydrogen-bond acceptors (Lipinski definition) is 2. The molecule has 0 fully saturated rings. The van der Waals surface area contributed by atoms with Gasteiger partial charge in [0.15, 0.2) is 0 Å². The van der Waals surface area contributed by atoms with Crippen LogP contribution in [-0.2, 0) is 11.3 Å². The van der Waals surface area contributed by atoms with Gasteiger partial charge in [-0.3, -0.25) is 0 Å². The Morgan fingerprint density at radius 2 is 2.00 bits per heavy atom. The van der Waals surface area contributed by atoms with E-state index >= 15 is 0 Å². The molecule has 0 saturated carbocycles. The molecular weight excluding hydrogens is 174 g/mol. The Bertz CT molecular complexity index is 203. The highest BCUT2D eigenvalue weighted by Gasteiger charge is 1.89. The summed E-state index contributed by atoms with van der Waals surface area (Å²) in [5.74, 6) is 0. The third-order valence-electron chi connectivity index (χ3n) is 1.45. The van der Waals surface area contributed by atoms with Crippen LogP contribution in [-0.4, -0.2) is 13.2 Å². The molecule has 0 amide bonds. The van der Waals surface area contributed by atoms with E-state index in [0.717, 1.165) is 0 Å². The maximum atomic E-state index is 5.31. The predicted molar refractivity (Wildman–Crippen MR) is 50.0 cm³/mol. The minimum atomic E-state index is 0.637. The first-order valence-corrected chi connectivity index (χ1v) is 4.26. The van der Waals surface area contributed by atoms with Gasteiger partial charge in [0.2, 0.25) is 0 Å². The quantitative estimate of drug-likeness (QED) is 0.559. The van der Waals surface area contributed by atoms with Gasteiger partial charge in [-0.1, -0.05) is 30.3 Å². The Kier molecular flexibility index (Phi) is 4.76. The van der Waals surface area contributed by atoms with E-state index in [1.807, 2.05) is 30.3 Å². The number of rotatable bonds is 5. The topological polar surface area (TPSA) is 21.3 Å². The second kappa shape index (κ2) is 6.00. The van der Waals surface area contributed by atoms with Crippen LogP contribution in [0.15, 0.2) is 30.3 Å². The highest BCUT2D eigenvalue weighted by Crippen LogP contribution is 1.99. The SMILES string of the molecule is ClNCCOCc1ccccc1. The monoisotopic (exact) mass is 185 g/mol. The largest absolute Gasteiger partial charge is 0.375 e. The smallest absolute Gasteiger partial charge is 0.0717 e. The standard InChI is InChI=1S/C9H12ClNO/c10-11-6-7-12-8-9-4-2-1-3-5-9/h1-5,11H,6-8H2. The molecule has 1 aromatic carbocycles. The molecule has 0 atom stereocenters. The lowest BCUT2D eigenvalue weighted by molar-refractivity contribution is 0.126. The van der Waals surface area contributed by atoms with Crippen LogP contribution in [0.1, 0.15) is 5.56 Å². The van der Waals surface area contributed by atoms with Crippen LogP contribution >= 0.6 is 11.8 Å². The van der Waals surface area contributed by atoms with Crippen molar-refractivity contribution in [1.82, 2.24) is 4.84 Å². The average Bonchev–Trinajstić information content (AvgIpc) is 2.14. The summed E-state index contributed by atoms with van der Waals surface area (Å²) in [6.07, 6.45) is 0. The lowest BCUT2D eigenvalue weighted by Crippen LogP contribution is -2.09. The van der Waals surface area contributed by atoms with Crippen molar-refractivity contribution in [2.24, 2.45) is 0 Å². The van der Waals surface area contributed by atoms with Gasteiger partial charge in [0, 0.05) is 6.54 Å². The Morgan fingerprint density at radius 1 is 1.25 bits per heavy atom. The minimum Gasteiger partial charge on any atom is -0.375 e. The Morgan fingerprint density at radius 3 is 2.67 bits per heavy atom. The summed E-state index contributed by atoms with van der Waals surface area (Å²) in [6.45, 7) is 1.96. The molecule has 0 radical (unpaired) electrons. The summed E-state index contributed by atoms with van der Waals surface area (Å²) in [5.41, 5.74) is 1.19. The number of nitrogens with one attached hydrogen (secondary N) is 1. The van der Waals surface area contributed by atoms with Gasteiger partial charge in [0.05, 0.1) is 13.2 Å². The van der Waals surface area contributed by atoms with Crippen LogP contribution in [0.2, 0.25) is 0 Å². The van der Waals surface area contributed by atoms with Crippen LogP contribution in [0.3, 0.4) is 0 Å². The van der Waals surface area contributed by atoms with Crippen molar-refractivity contribution in [2.45, 2.75) is 6.61 Å². The first kappa shape index (κ1) is 9.52. The van der Waals surface area contributed by atoms with E-state index in [1.54, 1.807) is 0 Å². The summed E-state index contributed by atoms with van der Waals surface area (Å²) in [6, 6.07) is 10.1. The molecule has 0 spiro atoms. The van der Waals surface area contributed by atoms with E-state index in [4.69, 9.17) is 16.5 Å². The third kappa shape index (κ3) is 3.72. The predicted octanol–water partition coefficient (Wildman–Crippen LogP) is 1.95. The van der Waals surface area contributed by atoms with Crippen LogP contribution in [0.5, 0.6) is 0 Å². The molecule has 0 heterocycles. The maximum absolute atomic E-state index is 5.31. The van der Waals surface area contributed by atoms with Gasteiger partial charge in [-0.25, -0.2) is 4.84 Å². The van der Waals surface area contributed by atoms with Crippen LogP contribution in [0.4, 0.5) is 0 Å². The molecule has 0 bridgehead atoms. The molecule has 1 aromatic rings. The molecule has 3 heteroatoms. The Labute approximate surface area is 77.6 Å². The van der Waals surface area contributed by atoms with E-state index in [-0.39, 0.29) is 0 Å². The summed E-state index contributed by atoms with van der Waals surface area (Å²) in [4.78, 5) is 2.50. The van der Waals surface area contributed by atoms with Gasteiger partial charge >= 0.3 is 0 Å². The molecule has 0 aliphatic rings. The van der Waals surface area contributed by atoms with Crippen molar-refractivity contribution in [3.05, 3.63) is 35.9 Å². The fraction of sp³-hybridized carbons (Fsp3) is 0.333. The average molecular weight is 186 g/mol. The van der Waals surface area contributed by atoms with E-state index in [9.17, 15) is 0 Å². The fourth-order valence-electron chi connectivity index (χ4n) is 0.875. The minimum absolute atomic E-state index is 0.637. The van der Waals surface area contributed by atoms with Gasteiger partial charge in [-0.2, -0.15) is 0 Å². The second-order valence-corrected chi connectivity index (χ2v) is 2.69. The Balaban J connectivity index is 2.16. The normalized spacial score (nSPS) is 10.1. The molecule has 2 nitrogen and oxygen atoms in total. The third-order valence-corrected chi connectivity index (χ3v) is 1.64.